The fourth-order valence-corrected chi connectivity index (χ4v) is 3.20. The molecule has 5 heteroatoms. The van der Waals surface area contributed by atoms with Crippen LogP contribution in [0.4, 0.5) is 0 Å². The second kappa shape index (κ2) is 5.42. The van der Waals surface area contributed by atoms with E-state index in [1.54, 1.807) is 17.4 Å². The van der Waals surface area contributed by atoms with E-state index in [0.29, 0.717) is 5.09 Å². The maximum absolute atomic E-state index is 10.6. The molecular weight excluding hydrogens is 256 g/mol. The number of thioether (sulfide) groups is 1. The molecule has 90 valence electrons. The zero-order chi connectivity index (χ0) is 12.3. The Morgan fingerprint density at radius 3 is 2.71 bits per heavy atom. The fraction of sp³-hybridized carbons (Fsp3) is 0.250. The Morgan fingerprint density at radius 2 is 2.12 bits per heavy atom. The van der Waals surface area contributed by atoms with E-state index in [1.165, 1.54) is 27.6 Å². The lowest BCUT2D eigenvalue weighted by molar-refractivity contribution is 0.0656. The van der Waals surface area contributed by atoms with Crippen LogP contribution >= 0.6 is 23.1 Å². The van der Waals surface area contributed by atoms with Crippen molar-refractivity contribution in [3.8, 4) is 0 Å². The molecule has 0 amide bonds. The SMILES string of the molecule is CCc1ccc(CSc2ccc(C(=O)O)o2)s1. The van der Waals surface area contributed by atoms with E-state index >= 15 is 0 Å². The van der Waals surface area contributed by atoms with E-state index in [-0.39, 0.29) is 5.76 Å². The average Bonchev–Trinajstić information content (AvgIpc) is 2.95. The Bertz CT molecular complexity index is 513. The Kier molecular flexibility index (Phi) is 3.91. The summed E-state index contributed by atoms with van der Waals surface area (Å²) in [6.45, 7) is 2.13. The van der Waals surface area contributed by atoms with Gasteiger partial charge in [-0.15, -0.1) is 11.3 Å². The smallest absolute Gasteiger partial charge is 0.371 e. The van der Waals surface area contributed by atoms with Crippen molar-refractivity contribution in [3.63, 3.8) is 0 Å². The van der Waals surface area contributed by atoms with Crippen molar-refractivity contribution < 1.29 is 14.3 Å². The van der Waals surface area contributed by atoms with E-state index in [0.717, 1.165) is 12.2 Å². The highest BCUT2D eigenvalue weighted by Crippen LogP contribution is 2.28. The van der Waals surface area contributed by atoms with Gasteiger partial charge in [0.1, 0.15) is 0 Å². The van der Waals surface area contributed by atoms with Crippen LogP contribution in [-0.4, -0.2) is 11.1 Å². The van der Waals surface area contributed by atoms with E-state index in [2.05, 4.69) is 19.1 Å². The Hall–Kier alpha value is -1.20. The van der Waals surface area contributed by atoms with Crippen LogP contribution in [0.3, 0.4) is 0 Å². The van der Waals surface area contributed by atoms with Gasteiger partial charge >= 0.3 is 5.97 Å². The summed E-state index contributed by atoms with van der Waals surface area (Å²) in [6, 6.07) is 7.42. The quantitative estimate of drug-likeness (QED) is 0.836. The summed E-state index contributed by atoms with van der Waals surface area (Å²) >= 11 is 3.30. The van der Waals surface area contributed by atoms with Crippen LogP contribution in [-0.2, 0) is 12.2 Å². The van der Waals surface area contributed by atoms with Gasteiger partial charge in [0.15, 0.2) is 5.09 Å². The molecule has 0 atom stereocenters. The monoisotopic (exact) mass is 268 g/mol. The molecule has 0 fully saturated rings. The molecule has 2 rings (SSSR count). The minimum absolute atomic E-state index is 0.00655. The highest BCUT2D eigenvalue weighted by Gasteiger charge is 2.09. The van der Waals surface area contributed by atoms with Crippen molar-refractivity contribution in [2.24, 2.45) is 0 Å². The lowest BCUT2D eigenvalue weighted by atomic mass is 10.4. The zero-order valence-electron chi connectivity index (χ0n) is 9.30. The number of rotatable bonds is 5. The van der Waals surface area contributed by atoms with E-state index < -0.39 is 5.97 Å². The predicted octanol–water partition coefficient (Wildman–Crippen LogP) is 3.89. The molecule has 2 heterocycles. The number of aryl methyl sites for hydroxylation is 1. The van der Waals surface area contributed by atoms with Gasteiger partial charge in [0.25, 0.3) is 0 Å². The molecule has 0 saturated carbocycles. The Morgan fingerprint density at radius 1 is 1.35 bits per heavy atom. The number of hydrogen-bond donors (Lipinski definition) is 1. The van der Waals surface area contributed by atoms with Crippen LogP contribution in [0, 0.1) is 0 Å². The second-order valence-electron chi connectivity index (χ2n) is 3.43. The molecule has 0 aromatic carbocycles. The summed E-state index contributed by atoms with van der Waals surface area (Å²) < 4.78 is 5.17. The maximum Gasteiger partial charge on any atom is 0.371 e. The lowest BCUT2D eigenvalue weighted by Gasteiger charge is -1.94. The van der Waals surface area contributed by atoms with Gasteiger partial charge in [0.05, 0.1) is 0 Å². The lowest BCUT2D eigenvalue weighted by Crippen LogP contribution is -1.91. The molecule has 2 aromatic heterocycles. The first-order chi connectivity index (χ1) is 8.19. The van der Waals surface area contributed by atoms with Crippen LogP contribution in [0.2, 0.25) is 0 Å². The molecule has 0 radical (unpaired) electrons. The van der Waals surface area contributed by atoms with Gasteiger partial charge in [0, 0.05) is 15.5 Å². The molecule has 0 spiro atoms. The predicted molar refractivity (Wildman–Crippen MR) is 68.9 cm³/mol. The minimum atomic E-state index is -1.03. The summed E-state index contributed by atoms with van der Waals surface area (Å²) in [5, 5.41) is 9.36. The van der Waals surface area contributed by atoms with Gasteiger partial charge < -0.3 is 9.52 Å². The molecule has 0 unspecified atom stereocenters. The highest BCUT2D eigenvalue weighted by atomic mass is 32.2. The third-order valence-electron chi connectivity index (χ3n) is 2.21. The van der Waals surface area contributed by atoms with Gasteiger partial charge in [-0.1, -0.05) is 18.7 Å². The number of carbonyl (C=O) groups is 1. The summed E-state index contributed by atoms with van der Waals surface area (Å²) in [5.74, 6) is -0.216. The average molecular weight is 268 g/mol. The van der Waals surface area contributed by atoms with Crippen molar-refractivity contribution in [1.82, 2.24) is 0 Å². The van der Waals surface area contributed by atoms with E-state index in [4.69, 9.17) is 9.52 Å². The van der Waals surface area contributed by atoms with Crippen LogP contribution in [0.5, 0.6) is 0 Å². The van der Waals surface area contributed by atoms with Crippen LogP contribution in [0.1, 0.15) is 27.2 Å². The maximum atomic E-state index is 10.6. The van der Waals surface area contributed by atoms with Gasteiger partial charge in [-0.2, -0.15) is 0 Å². The van der Waals surface area contributed by atoms with Crippen LogP contribution in [0.15, 0.2) is 33.8 Å². The number of furan rings is 1. The minimum Gasteiger partial charge on any atom is -0.475 e. The summed E-state index contributed by atoms with van der Waals surface area (Å²) in [6.07, 6.45) is 1.05. The molecule has 0 aliphatic carbocycles. The fourth-order valence-electron chi connectivity index (χ4n) is 1.34. The largest absolute Gasteiger partial charge is 0.475 e. The van der Waals surface area contributed by atoms with Crippen molar-refractivity contribution in [1.29, 1.82) is 0 Å². The summed E-state index contributed by atoms with van der Waals surface area (Å²) in [4.78, 5) is 13.3. The number of aromatic carboxylic acids is 1. The molecular formula is C12H12O3S2. The van der Waals surface area contributed by atoms with E-state index in [9.17, 15) is 4.79 Å². The van der Waals surface area contributed by atoms with Crippen LogP contribution in [0.25, 0.3) is 0 Å². The number of carboxylic acid groups (broad SMARTS) is 1. The summed E-state index contributed by atoms with van der Waals surface area (Å²) in [7, 11) is 0. The number of hydrogen-bond acceptors (Lipinski definition) is 4. The molecule has 2 aromatic rings. The number of thiophene rings is 1. The number of carboxylic acids is 1. The van der Waals surface area contributed by atoms with E-state index in [1.807, 2.05) is 0 Å². The van der Waals surface area contributed by atoms with Crippen molar-refractivity contribution in [2.75, 3.05) is 0 Å². The van der Waals surface area contributed by atoms with Crippen molar-refractivity contribution in [3.05, 3.63) is 39.8 Å². The second-order valence-corrected chi connectivity index (χ2v) is 5.67. The Balaban J connectivity index is 1.94. The summed E-state index contributed by atoms with van der Waals surface area (Å²) in [5.41, 5.74) is 0. The van der Waals surface area contributed by atoms with Gasteiger partial charge in [-0.05, 0) is 30.7 Å². The zero-order valence-corrected chi connectivity index (χ0v) is 10.9. The first-order valence-corrected chi connectivity index (χ1v) is 7.02. The highest BCUT2D eigenvalue weighted by molar-refractivity contribution is 7.98. The molecule has 1 N–H and O–H groups in total. The third kappa shape index (κ3) is 3.14. The first kappa shape index (κ1) is 12.3. The first-order valence-electron chi connectivity index (χ1n) is 5.22. The normalized spacial score (nSPS) is 10.6. The Labute approximate surface area is 107 Å². The topological polar surface area (TPSA) is 50.4 Å². The standard InChI is InChI=1S/C12H12O3S2/c1-2-8-3-4-9(17-8)7-16-11-6-5-10(15-11)12(13)14/h3-6H,2,7H2,1H3,(H,13,14). The molecule has 0 aliphatic heterocycles. The molecule has 0 bridgehead atoms. The molecule has 0 saturated heterocycles. The molecule has 0 aliphatic rings. The van der Waals surface area contributed by atoms with Gasteiger partial charge in [-0.3, -0.25) is 0 Å². The van der Waals surface area contributed by atoms with Gasteiger partial charge in [0.2, 0.25) is 5.76 Å². The van der Waals surface area contributed by atoms with Crippen molar-refractivity contribution in [2.45, 2.75) is 24.2 Å². The van der Waals surface area contributed by atoms with Crippen LogP contribution < -0.4 is 0 Å². The van der Waals surface area contributed by atoms with Gasteiger partial charge in [-0.25, -0.2) is 4.79 Å². The third-order valence-corrected chi connectivity index (χ3v) is 4.59. The molecule has 3 nitrogen and oxygen atoms in total. The molecule has 17 heavy (non-hydrogen) atoms. The van der Waals surface area contributed by atoms with Crippen molar-refractivity contribution >= 4 is 29.1 Å².